The second-order valence-electron chi connectivity index (χ2n) is 3.99. The van der Waals surface area contributed by atoms with Gasteiger partial charge in [0.1, 0.15) is 6.29 Å². The Kier molecular flexibility index (Phi) is 3.53. The van der Waals surface area contributed by atoms with E-state index in [4.69, 9.17) is 0 Å². The molecule has 3 heteroatoms. The number of carboxylic acid groups (broad SMARTS) is 1. The first-order valence-corrected chi connectivity index (χ1v) is 5.53. The molecule has 0 aromatic heterocycles. The molecular weight excluding hydrogens is 228 g/mol. The molecule has 0 aliphatic carbocycles. The molecule has 0 unspecified atom stereocenters. The van der Waals surface area contributed by atoms with Gasteiger partial charge < -0.3 is 9.90 Å². The molecule has 0 aliphatic rings. The van der Waals surface area contributed by atoms with Gasteiger partial charge in [-0.15, -0.1) is 0 Å². The third-order valence-corrected chi connectivity index (χ3v) is 2.66. The number of aliphatic carboxylic acids is 1. The first kappa shape index (κ1) is 12.0. The smallest absolute Gasteiger partial charge is 0.150 e. The highest BCUT2D eigenvalue weighted by molar-refractivity contribution is 5.77. The fourth-order valence-corrected chi connectivity index (χ4v) is 1.78. The predicted molar refractivity (Wildman–Crippen MR) is 66.0 cm³/mol. The maximum atomic E-state index is 10.6. The minimum Gasteiger partial charge on any atom is -0.550 e. The Labute approximate surface area is 105 Å². The molecule has 0 N–H and O–H groups in total. The second-order valence-corrected chi connectivity index (χ2v) is 3.99. The lowest BCUT2D eigenvalue weighted by atomic mass is 10.0. The monoisotopic (exact) mass is 239 g/mol. The summed E-state index contributed by atoms with van der Waals surface area (Å²) in [5.74, 6) is -1.09. The highest BCUT2D eigenvalue weighted by Crippen LogP contribution is 2.20. The molecule has 90 valence electrons. The van der Waals surface area contributed by atoms with Crippen LogP contribution in [0.5, 0.6) is 0 Å². The summed E-state index contributed by atoms with van der Waals surface area (Å²) in [4.78, 5) is 21.1. The van der Waals surface area contributed by atoms with Gasteiger partial charge in [0, 0.05) is 18.0 Å². The van der Waals surface area contributed by atoms with Crippen LogP contribution in [0.2, 0.25) is 0 Å². The summed E-state index contributed by atoms with van der Waals surface area (Å²) in [5.41, 5.74) is 3.18. The van der Waals surface area contributed by atoms with Crippen molar-refractivity contribution in [2.45, 2.75) is 6.42 Å². The standard InChI is InChI=1S/C15H12O3/c16-10-11-4-6-13(7-5-11)14-3-1-2-12(8-14)9-15(17)18/h1-8,10H,9H2,(H,17,18)/p-1. The van der Waals surface area contributed by atoms with Gasteiger partial charge >= 0.3 is 0 Å². The third kappa shape index (κ3) is 2.83. The van der Waals surface area contributed by atoms with Gasteiger partial charge in [-0.25, -0.2) is 0 Å². The van der Waals surface area contributed by atoms with E-state index in [-0.39, 0.29) is 6.42 Å². The van der Waals surface area contributed by atoms with E-state index in [0.717, 1.165) is 17.4 Å². The van der Waals surface area contributed by atoms with Gasteiger partial charge in [0.15, 0.2) is 0 Å². The quantitative estimate of drug-likeness (QED) is 0.759. The first-order valence-electron chi connectivity index (χ1n) is 5.53. The van der Waals surface area contributed by atoms with Crippen molar-refractivity contribution in [1.29, 1.82) is 0 Å². The molecule has 2 aromatic carbocycles. The van der Waals surface area contributed by atoms with Crippen molar-refractivity contribution in [3.63, 3.8) is 0 Å². The summed E-state index contributed by atoms with van der Waals surface area (Å²) in [6.07, 6.45) is 0.691. The Bertz CT molecular complexity index is 571. The second kappa shape index (κ2) is 5.27. The fraction of sp³-hybridized carbons (Fsp3) is 0.0667. The lowest BCUT2D eigenvalue weighted by Crippen LogP contribution is -2.24. The van der Waals surface area contributed by atoms with Crippen LogP contribution in [-0.4, -0.2) is 12.3 Å². The first-order chi connectivity index (χ1) is 8.69. The number of aldehydes is 1. The molecule has 18 heavy (non-hydrogen) atoms. The fourth-order valence-electron chi connectivity index (χ4n) is 1.78. The van der Waals surface area contributed by atoms with E-state index in [1.165, 1.54) is 0 Å². The number of benzene rings is 2. The molecular formula is C15H11O3-. The Morgan fingerprint density at radius 1 is 1.06 bits per heavy atom. The minimum absolute atomic E-state index is 0.0970. The van der Waals surface area contributed by atoms with Crippen LogP contribution >= 0.6 is 0 Å². The van der Waals surface area contributed by atoms with Crippen LogP contribution in [0, 0.1) is 0 Å². The van der Waals surface area contributed by atoms with E-state index >= 15 is 0 Å². The van der Waals surface area contributed by atoms with Gasteiger partial charge in [0.05, 0.1) is 0 Å². The van der Waals surface area contributed by atoms with Crippen LogP contribution in [0.25, 0.3) is 11.1 Å². The van der Waals surface area contributed by atoms with Crippen LogP contribution in [-0.2, 0) is 11.2 Å². The molecule has 0 saturated carbocycles. The predicted octanol–water partition coefficient (Wildman–Crippen LogP) is 1.46. The summed E-state index contributed by atoms with van der Waals surface area (Å²) in [7, 11) is 0. The number of carbonyl (C=O) groups is 2. The molecule has 0 aliphatic heterocycles. The van der Waals surface area contributed by atoms with Crippen LogP contribution in [0.1, 0.15) is 15.9 Å². The van der Waals surface area contributed by atoms with Gasteiger partial charge in [-0.1, -0.05) is 48.5 Å². The van der Waals surface area contributed by atoms with Crippen LogP contribution in [0.15, 0.2) is 48.5 Å². The molecule has 0 radical (unpaired) electrons. The van der Waals surface area contributed by atoms with E-state index < -0.39 is 5.97 Å². The van der Waals surface area contributed by atoms with Gasteiger partial charge in [0.25, 0.3) is 0 Å². The summed E-state index contributed by atoms with van der Waals surface area (Å²) in [5, 5.41) is 10.6. The Morgan fingerprint density at radius 3 is 2.39 bits per heavy atom. The van der Waals surface area contributed by atoms with Crippen molar-refractivity contribution in [2.75, 3.05) is 0 Å². The van der Waals surface area contributed by atoms with E-state index in [2.05, 4.69) is 0 Å². The molecule has 0 atom stereocenters. The van der Waals surface area contributed by atoms with Gasteiger partial charge in [-0.3, -0.25) is 4.79 Å². The molecule has 0 amide bonds. The van der Waals surface area contributed by atoms with E-state index in [0.29, 0.717) is 11.1 Å². The zero-order valence-electron chi connectivity index (χ0n) is 9.63. The Morgan fingerprint density at radius 2 is 1.78 bits per heavy atom. The van der Waals surface area contributed by atoms with Crippen molar-refractivity contribution in [3.05, 3.63) is 59.7 Å². The molecule has 2 rings (SSSR count). The lowest BCUT2D eigenvalue weighted by molar-refractivity contribution is -0.304. The third-order valence-electron chi connectivity index (χ3n) is 2.66. The van der Waals surface area contributed by atoms with Gasteiger partial charge in [-0.05, 0) is 16.7 Å². The van der Waals surface area contributed by atoms with Gasteiger partial charge in [-0.2, -0.15) is 0 Å². The molecule has 0 fully saturated rings. The topological polar surface area (TPSA) is 57.2 Å². The number of hydrogen-bond donors (Lipinski definition) is 0. The molecule has 0 spiro atoms. The maximum Gasteiger partial charge on any atom is 0.150 e. The molecule has 0 heterocycles. The highest BCUT2D eigenvalue weighted by Gasteiger charge is 2.00. The zero-order chi connectivity index (χ0) is 13.0. The Hall–Kier alpha value is -2.42. The van der Waals surface area contributed by atoms with Crippen LogP contribution in [0.3, 0.4) is 0 Å². The van der Waals surface area contributed by atoms with Crippen LogP contribution in [0.4, 0.5) is 0 Å². The van der Waals surface area contributed by atoms with Crippen molar-refractivity contribution in [2.24, 2.45) is 0 Å². The lowest BCUT2D eigenvalue weighted by Gasteiger charge is -2.06. The highest BCUT2D eigenvalue weighted by atomic mass is 16.4. The largest absolute Gasteiger partial charge is 0.550 e. The maximum absolute atomic E-state index is 10.6. The van der Waals surface area contributed by atoms with E-state index in [1.807, 2.05) is 24.3 Å². The van der Waals surface area contributed by atoms with Crippen LogP contribution < -0.4 is 5.11 Å². The number of rotatable bonds is 4. The summed E-state index contributed by atoms with van der Waals surface area (Å²) in [6.45, 7) is 0. The molecule has 0 bridgehead atoms. The normalized spacial score (nSPS) is 10.0. The van der Waals surface area contributed by atoms with E-state index in [9.17, 15) is 14.7 Å². The Balaban J connectivity index is 2.31. The zero-order valence-corrected chi connectivity index (χ0v) is 9.63. The number of carboxylic acids is 1. The van der Waals surface area contributed by atoms with Gasteiger partial charge in [0.2, 0.25) is 0 Å². The summed E-state index contributed by atoms with van der Waals surface area (Å²) in [6, 6.07) is 14.4. The van der Waals surface area contributed by atoms with E-state index in [1.54, 1.807) is 24.3 Å². The van der Waals surface area contributed by atoms with Crippen molar-refractivity contribution in [3.8, 4) is 11.1 Å². The summed E-state index contributed by atoms with van der Waals surface area (Å²) < 4.78 is 0. The number of hydrogen-bond acceptors (Lipinski definition) is 3. The SMILES string of the molecule is O=Cc1ccc(-c2cccc(CC(=O)[O-])c2)cc1. The van der Waals surface area contributed by atoms with Crippen molar-refractivity contribution >= 4 is 12.3 Å². The van der Waals surface area contributed by atoms with Crippen molar-refractivity contribution < 1.29 is 14.7 Å². The molecule has 0 saturated heterocycles. The average Bonchev–Trinajstić information content (AvgIpc) is 2.38. The number of carbonyl (C=O) groups excluding carboxylic acids is 2. The minimum atomic E-state index is -1.09. The van der Waals surface area contributed by atoms with Crippen molar-refractivity contribution in [1.82, 2.24) is 0 Å². The molecule has 2 aromatic rings. The summed E-state index contributed by atoms with van der Waals surface area (Å²) >= 11 is 0. The molecule has 3 nitrogen and oxygen atoms in total. The average molecular weight is 239 g/mol.